The second-order valence-electron chi connectivity index (χ2n) is 5.58. The zero-order valence-corrected chi connectivity index (χ0v) is 12.5. The number of halogens is 2. The third kappa shape index (κ3) is 2.72. The van der Waals surface area contributed by atoms with E-state index in [9.17, 15) is 9.90 Å². The summed E-state index contributed by atoms with van der Waals surface area (Å²) in [7, 11) is 0. The van der Waals surface area contributed by atoms with Gasteiger partial charge in [0.1, 0.15) is 0 Å². The Kier molecular flexibility index (Phi) is 3.63. The van der Waals surface area contributed by atoms with E-state index < -0.39 is 18.1 Å². The summed E-state index contributed by atoms with van der Waals surface area (Å²) >= 11 is 12.1. The van der Waals surface area contributed by atoms with Gasteiger partial charge in [-0.2, -0.15) is 0 Å². The summed E-state index contributed by atoms with van der Waals surface area (Å²) in [6.07, 6.45) is 7.64. The van der Waals surface area contributed by atoms with Crippen LogP contribution < -0.4 is 0 Å². The van der Waals surface area contributed by atoms with Crippen molar-refractivity contribution in [3.63, 3.8) is 0 Å². The lowest BCUT2D eigenvalue weighted by Crippen LogP contribution is -2.35. The number of rotatable bonds is 5. The number of carbonyl (C=O) groups is 1. The van der Waals surface area contributed by atoms with E-state index in [1.165, 1.54) is 0 Å². The maximum atomic E-state index is 11.6. The van der Waals surface area contributed by atoms with Gasteiger partial charge < -0.3 is 5.11 Å². The van der Waals surface area contributed by atoms with E-state index in [4.69, 9.17) is 22.2 Å². The van der Waals surface area contributed by atoms with Gasteiger partial charge in [0, 0.05) is 0 Å². The third-order valence-corrected chi connectivity index (χ3v) is 6.54. The summed E-state index contributed by atoms with van der Waals surface area (Å²) in [5.74, 6) is 0.0668. The van der Waals surface area contributed by atoms with Crippen LogP contribution in [-0.4, -0.2) is 17.8 Å². The molecule has 1 fully saturated rings. The van der Waals surface area contributed by atoms with Crippen molar-refractivity contribution in [2.75, 3.05) is 0 Å². The topological polar surface area (TPSA) is 37.3 Å². The maximum absolute atomic E-state index is 11.6. The second kappa shape index (κ2) is 4.60. The van der Waals surface area contributed by atoms with E-state index in [1.54, 1.807) is 0 Å². The molecule has 2 rings (SSSR count). The Morgan fingerprint density at radius 3 is 2.65 bits per heavy atom. The van der Waals surface area contributed by atoms with Gasteiger partial charge in [0.25, 0.3) is 0 Å². The molecule has 0 spiro atoms. The molecule has 2 aliphatic rings. The first kappa shape index (κ1) is 13.4. The van der Waals surface area contributed by atoms with Crippen LogP contribution in [0.5, 0.6) is 0 Å². The monoisotopic (exact) mass is 292 g/mol. The molecule has 1 N–H and O–H groups in total. The Morgan fingerprint density at radius 2 is 2.24 bits per heavy atom. The molecule has 17 heavy (non-hydrogen) atoms. The first-order valence-electron chi connectivity index (χ1n) is 6.13. The van der Waals surface area contributed by atoms with Crippen molar-refractivity contribution in [3.05, 3.63) is 12.2 Å². The highest BCUT2D eigenvalue weighted by molar-refractivity contribution is 7.44. The fourth-order valence-electron chi connectivity index (χ4n) is 3.31. The van der Waals surface area contributed by atoms with E-state index >= 15 is 0 Å². The number of carboxylic acid groups (broad SMARTS) is 1. The SMILES string of the molecule is C[Si](Cl)(Cl)CCCC1(C(=O)O)CC2C=CC1C2. The number of allylic oxidation sites excluding steroid dienone is 2. The molecule has 0 saturated heterocycles. The third-order valence-electron chi connectivity index (χ3n) is 4.17. The number of carboxylic acids is 1. The minimum absolute atomic E-state index is 0.226. The van der Waals surface area contributed by atoms with Crippen LogP contribution in [0.1, 0.15) is 25.7 Å². The molecule has 0 radical (unpaired) electrons. The molecule has 0 aromatic carbocycles. The van der Waals surface area contributed by atoms with Crippen LogP contribution in [0.3, 0.4) is 0 Å². The Morgan fingerprint density at radius 1 is 1.53 bits per heavy atom. The van der Waals surface area contributed by atoms with E-state index in [-0.39, 0.29) is 5.92 Å². The Labute approximate surface area is 112 Å². The van der Waals surface area contributed by atoms with Crippen molar-refractivity contribution in [3.8, 4) is 0 Å². The molecular formula is C12H18Cl2O2Si. The van der Waals surface area contributed by atoms with Crippen LogP contribution >= 0.6 is 22.2 Å². The van der Waals surface area contributed by atoms with Gasteiger partial charge >= 0.3 is 5.97 Å². The molecule has 0 aromatic heterocycles. The summed E-state index contributed by atoms with van der Waals surface area (Å²) < 4.78 is 0. The summed E-state index contributed by atoms with van der Waals surface area (Å²) in [6.45, 7) is -0.191. The first-order chi connectivity index (χ1) is 7.83. The maximum Gasteiger partial charge on any atom is 0.310 e. The van der Waals surface area contributed by atoms with Crippen LogP contribution in [0, 0.1) is 17.3 Å². The summed E-state index contributed by atoms with van der Waals surface area (Å²) in [5, 5.41) is 9.53. The number of hydrogen-bond donors (Lipinski definition) is 1. The molecule has 1 saturated carbocycles. The standard InChI is InChI=1S/C12H18Cl2O2Si/c1-17(13,14)6-2-5-12(11(15)16)8-9-3-4-10(12)7-9/h3-4,9-10H,2,5-8H2,1H3,(H,15,16). The van der Waals surface area contributed by atoms with Crippen molar-refractivity contribution in [2.45, 2.75) is 38.3 Å². The van der Waals surface area contributed by atoms with Crippen molar-refractivity contribution < 1.29 is 9.90 Å². The minimum Gasteiger partial charge on any atom is -0.481 e. The van der Waals surface area contributed by atoms with Crippen LogP contribution in [0.15, 0.2) is 12.2 Å². The fourth-order valence-corrected chi connectivity index (χ4v) is 4.91. The normalized spacial score (nSPS) is 35.5. The molecular weight excluding hydrogens is 275 g/mol. The largest absolute Gasteiger partial charge is 0.481 e. The number of fused-ring (bicyclic) bond motifs is 2. The van der Waals surface area contributed by atoms with Crippen molar-refractivity contribution >= 4 is 34.8 Å². The van der Waals surface area contributed by atoms with Gasteiger partial charge in [0.15, 0.2) is 0 Å². The van der Waals surface area contributed by atoms with Gasteiger partial charge in [-0.25, -0.2) is 0 Å². The summed E-state index contributed by atoms with van der Waals surface area (Å²) in [6, 6.07) is 0.784. The van der Waals surface area contributed by atoms with E-state index in [0.717, 1.165) is 31.7 Å². The Balaban J connectivity index is 2.00. The molecule has 3 unspecified atom stereocenters. The summed E-state index contributed by atoms with van der Waals surface area (Å²) in [4.78, 5) is 11.6. The molecule has 2 bridgehead atoms. The average molecular weight is 293 g/mol. The molecule has 5 heteroatoms. The van der Waals surface area contributed by atoms with Crippen molar-refractivity contribution in [2.24, 2.45) is 17.3 Å². The van der Waals surface area contributed by atoms with Gasteiger partial charge in [-0.05, 0) is 43.7 Å². The number of aliphatic carboxylic acids is 1. The van der Waals surface area contributed by atoms with E-state index in [1.807, 2.05) is 6.55 Å². The Hall–Kier alpha value is 0.00688. The molecule has 2 aliphatic carbocycles. The lowest BCUT2D eigenvalue weighted by atomic mass is 9.72. The van der Waals surface area contributed by atoms with E-state index in [2.05, 4.69) is 12.2 Å². The highest BCUT2D eigenvalue weighted by atomic mass is 35.7. The van der Waals surface area contributed by atoms with E-state index in [0.29, 0.717) is 5.92 Å². The van der Waals surface area contributed by atoms with Gasteiger partial charge in [-0.3, -0.25) is 4.79 Å². The molecule has 2 nitrogen and oxygen atoms in total. The predicted octanol–water partition coefficient (Wildman–Crippen LogP) is 3.98. The van der Waals surface area contributed by atoms with Gasteiger partial charge in [0.05, 0.1) is 5.41 Å². The lowest BCUT2D eigenvalue weighted by Gasteiger charge is -2.31. The quantitative estimate of drug-likeness (QED) is 0.473. The van der Waals surface area contributed by atoms with Crippen LogP contribution in [0.4, 0.5) is 0 Å². The Bertz CT molecular complexity index is 351. The van der Waals surface area contributed by atoms with Crippen LogP contribution in [-0.2, 0) is 4.79 Å². The van der Waals surface area contributed by atoms with Crippen LogP contribution in [0.2, 0.25) is 12.6 Å². The fraction of sp³-hybridized carbons (Fsp3) is 0.750. The predicted molar refractivity (Wildman–Crippen MR) is 72.8 cm³/mol. The van der Waals surface area contributed by atoms with Gasteiger partial charge in [-0.1, -0.05) is 18.6 Å². The first-order valence-corrected chi connectivity index (χ1v) is 10.9. The van der Waals surface area contributed by atoms with Crippen molar-refractivity contribution in [1.29, 1.82) is 0 Å². The summed E-state index contributed by atoms with van der Waals surface area (Å²) in [5.41, 5.74) is -0.535. The van der Waals surface area contributed by atoms with Gasteiger partial charge in [-0.15, -0.1) is 22.2 Å². The zero-order valence-electron chi connectivity index (χ0n) is 9.96. The highest BCUT2D eigenvalue weighted by Gasteiger charge is 2.53. The molecule has 3 atom stereocenters. The molecule has 0 amide bonds. The second-order valence-corrected chi connectivity index (χ2v) is 13.8. The number of hydrogen-bond acceptors (Lipinski definition) is 1. The van der Waals surface area contributed by atoms with Crippen molar-refractivity contribution in [1.82, 2.24) is 0 Å². The lowest BCUT2D eigenvalue weighted by molar-refractivity contribution is -0.151. The highest BCUT2D eigenvalue weighted by Crippen LogP contribution is 2.55. The minimum atomic E-state index is -2.08. The van der Waals surface area contributed by atoms with Gasteiger partial charge in [0.2, 0.25) is 6.69 Å². The molecule has 0 aromatic rings. The van der Waals surface area contributed by atoms with Crippen LogP contribution in [0.25, 0.3) is 0 Å². The zero-order chi connectivity index (χ0) is 12.7. The average Bonchev–Trinajstić information content (AvgIpc) is 2.75. The molecule has 96 valence electrons. The smallest absolute Gasteiger partial charge is 0.310 e. The molecule has 0 aliphatic heterocycles. The molecule has 0 heterocycles.